The maximum Gasteiger partial charge on any atom is 0.252 e. The molecule has 0 aliphatic carbocycles. The van der Waals surface area contributed by atoms with Crippen LogP contribution in [0.1, 0.15) is 24.1 Å². The molecule has 6 heteroatoms. The van der Waals surface area contributed by atoms with Gasteiger partial charge in [-0.25, -0.2) is 4.39 Å². The number of carbonyl (C=O) groups is 1. The van der Waals surface area contributed by atoms with Crippen molar-refractivity contribution >= 4 is 5.91 Å². The molecular weight excluding hydrogens is 407 g/mol. The van der Waals surface area contributed by atoms with Crippen molar-refractivity contribution in [3.63, 3.8) is 0 Å². The topological polar surface area (TPSA) is 60.5 Å². The average molecular weight is 435 g/mol. The number of amides is 1. The van der Waals surface area contributed by atoms with Crippen molar-refractivity contribution < 1.29 is 18.7 Å². The average Bonchev–Trinajstić information content (AvgIpc) is 3.30. The second kappa shape index (κ2) is 9.92. The zero-order valence-electron chi connectivity index (χ0n) is 18.1. The molecule has 1 aliphatic heterocycles. The fraction of sp³-hybridized carbons (Fsp3) is 0.308. The molecule has 0 unspecified atom stereocenters. The number of rotatable bonds is 8. The van der Waals surface area contributed by atoms with Gasteiger partial charge in [0.2, 0.25) is 0 Å². The van der Waals surface area contributed by atoms with Crippen LogP contribution in [0.5, 0.6) is 5.75 Å². The quantitative estimate of drug-likeness (QED) is 0.573. The lowest BCUT2D eigenvalue weighted by molar-refractivity contribution is -0.141. The zero-order chi connectivity index (χ0) is 22.4. The van der Waals surface area contributed by atoms with Crippen molar-refractivity contribution in [1.29, 1.82) is 0 Å². The molecule has 0 radical (unpaired) electrons. The first-order valence-electron chi connectivity index (χ1n) is 10.8. The molecule has 2 aromatic carbocycles. The molecule has 1 saturated heterocycles. The van der Waals surface area contributed by atoms with E-state index >= 15 is 0 Å². The highest BCUT2D eigenvalue weighted by Crippen LogP contribution is 2.33. The Morgan fingerprint density at radius 2 is 2.03 bits per heavy atom. The van der Waals surface area contributed by atoms with Gasteiger partial charge >= 0.3 is 0 Å². The van der Waals surface area contributed by atoms with E-state index in [9.17, 15) is 9.18 Å². The van der Waals surface area contributed by atoms with Crippen LogP contribution < -0.4 is 10.1 Å². The number of benzene rings is 2. The number of methoxy groups -OCH3 is 1. The summed E-state index contributed by atoms with van der Waals surface area (Å²) in [4.78, 5) is 17.4. The Hall–Kier alpha value is -3.25. The van der Waals surface area contributed by atoms with Gasteiger partial charge in [0.15, 0.2) is 5.60 Å². The van der Waals surface area contributed by atoms with Crippen LogP contribution in [0.15, 0.2) is 66.9 Å². The van der Waals surface area contributed by atoms with Crippen LogP contribution in [-0.4, -0.2) is 36.8 Å². The highest BCUT2D eigenvalue weighted by atomic mass is 19.1. The molecule has 32 heavy (non-hydrogen) atoms. The maximum absolute atomic E-state index is 13.7. The van der Waals surface area contributed by atoms with Crippen molar-refractivity contribution in [2.45, 2.75) is 31.3 Å². The summed E-state index contributed by atoms with van der Waals surface area (Å²) in [6.07, 6.45) is 4.45. The lowest BCUT2D eigenvalue weighted by Gasteiger charge is -2.27. The molecule has 5 nitrogen and oxygen atoms in total. The van der Waals surface area contributed by atoms with Gasteiger partial charge in [0.1, 0.15) is 11.6 Å². The molecule has 1 N–H and O–H groups in total. The monoisotopic (exact) mass is 434 g/mol. The van der Waals surface area contributed by atoms with E-state index in [1.807, 2.05) is 42.5 Å². The third-order valence-corrected chi connectivity index (χ3v) is 5.83. The van der Waals surface area contributed by atoms with Crippen LogP contribution in [0.4, 0.5) is 4.39 Å². The van der Waals surface area contributed by atoms with Gasteiger partial charge in [-0.1, -0.05) is 30.3 Å². The first-order chi connectivity index (χ1) is 15.6. The highest BCUT2D eigenvalue weighted by molar-refractivity contribution is 5.86. The van der Waals surface area contributed by atoms with Gasteiger partial charge in [0.05, 0.1) is 7.11 Å². The Morgan fingerprint density at radius 3 is 2.72 bits per heavy atom. The molecular formula is C26H27FN2O3. The van der Waals surface area contributed by atoms with Crippen LogP contribution in [0.3, 0.4) is 0 Å². The summed E-state index contributed by atoms with van der Waals surface area (Å²) in [5.41, 5.74) is 2.62. The van der Waals surface area contributed by atoms with Crippen LogP contribution >= 0.6 is 0 Å². The molecule has 0 bridgehead atoms. The van der Waals surface area contributed by atoms with Gasteiger partial charge in [-0.3, -0.25) is 9.78 Å². The fourth-order valence-electron chi connectivity index (χ4n) is 4.15. The van der Waals surface area contributed by atoms with E-state index in [2.05, 4.69) is 10.3 Å². The number of aromatic nitrogens is 1. The van der Waals surface area contributed by atoms with E-state index < -0.39 is 5.60 Å². The summed E-state index contributed by atoms with van der Waals surface area (Å²) < 4.78 is 25.1. The van der Waals surface area contributed by atoms with Crippen molar-refractivity contribution in [3.8, 4) is 16.9 Å². The summed E-state index contributed by atoms with van der Waals surface area (Å²) >= 11 is 0. The number of nitrogens with zero attached hydrogens (tertiary/aromatic N) is 1. The van der Waals surface area contributed by atoms with Gasteiger partial charge in [-0.15, -0.1) is 0 Å². The van der Waals surface area contributed by atoms with Crippen molar-refractivity contribution in [2.24, 2.45) is 0 Å². The molecule has 3 aromatic rings. The van der Waals surface area contributed by atoms with E-state index in [4.69, 9.17) is 9.47 Å². The van der Waals surface area contributed by atoms with Gasteiger partial charge in [0.25, 0.3) is 5.91 Å². The summed E-state index contributed by atoms with van der Waals surface area (Å²) in [7, 11) is 1.57. The molecule has 1 atom stereocenters. The Balaban J connectivity index is 1.45. The Kier molecular flexibility index (Phi) is 6.81. The molecule has 1 fully saturated rings. The van der Waals surface area contributed by atoms with E-state index in [1.165, 1.54) is 12.1 Å². The molecule has 166 valence electrons. The normalized spacial score (nSPS) is 17.8. The number of ether oxygens (including phenoxy) is 2. The molecule has 0 spiro atoms. The Labute approximate surface area is 187 Å². The summed E-state index contributed by atoms with van der Waals surface area (Å²) in [5.74, 6) is 0.217. The summed E-state index contributed by atoms with van der Waals surface area (Å²) in [6, 6.07) is 18.0. The number of nitrogens with one attached hydrogen (secondary N) is 1. The van der Waals surface area contributed by atoms with Crippen LogP contribution in [0, 0.1) is 5.82 Å². The third-order valence-electron chi connectivity index (χ3n) is 5.83. The van der Waals surface area contributed by atoms with Crippen LogP contribution in [0.25, 0.3) is 11.1 Å². The van der Waals surface area contributed by atoms with Crippen LogP contribution in [-0.2, 0) is 22.4 Å². The van der Waals surface area contributed by atoms with Gasteiger partial charge in [0, 0.05) is 43.4 Å². The van der Waals surface area contributed by atoms with Gasteiger partial charge < -0.3 is 14.8 Å². The van der Waals surface area contributed by atoms with Crippen molar-refractivity contribution in [3.05, 3.63) is 83.9 Å². The smallest absolute Gasteiger partial charge is 0.252 e. The van der Waals surface area contributed by atoms with Gasteiger partial charge in [-0.2, -0.15) is 0 Å². The standard InChI is InChI=1S/C26H27FN2O3/c1-31-24-11-10-21(27)17-23(24)20-8-6-19(7-9-20)18-26(13-4-16-32-26)25(30)29-15-12-22-5-2-3-14-28-22/h2-3,5-11,14,17H,4,12-13,15-16,18H2,1H3,(H,29,30)/t26-/m0/s1. The number of hydrogen-bond donors (Lipinski definition) is 1. The number of hydrogen-bond acceptors (Lipinski definition) is 4. The number of halogens is 1. The first kappa shape index (κ1) is 22.0. The minimum atomic E-state index is -0.859. The van der Waals surface area contributed by atoms with Crippen LogP contribution in [0.2, 0.25) is 0 Å². The lowest BCUT2D eigenvalue weighted by Crippen LogP contribution is -2.48. The van der Waals surface area contributed by atoms with Crippen molar-refractivity contribution in [1.82, 2.24) is 10.3 Å². The van der Waals surface area contributed by atoms with E-state index in [0.29, 0.717) is 43.7 Å². The molecule has 1 amide bonds. The molecule has 0 saturated carbocycles. The minimum absolute atomic E-state index is 0.0817. The van der Waals surface area contributed by atoms with Crippen molar-refractivity contribution in [2.75, 3.05) is 20.3 Å². The third kappa shape index (κ3) is 4.97. The molecule has 1 aliphatic rings. The predicted octanol–water partition coefficient (Wildman–Crippen LogP) is 4.35. The minimum Gasteiger partial charge on any atom is -0.496 e. The van der Waals surface area contributed by atoms with E-state index in [1.54, 1.807) is 19.4 Å². The van der Waals surface area contributed by atoms with Gasteiger partial charge in [-0.05, 0) is 54.3 Å². The second-order valence-electron chi connectivity index (χ2n) is 7.99. The molecule has 1 aromatic heterocycles. The molecule has 2 heterocycles. The highest BCUT2D eigenvalue weighted by Gasteiger charge is 2.42. The van der Waals surface area contributed by atoms with E-state index in [0.717, 1.165) is 23.2 Å². The number of pyridine rings is 1. The predicted molar refractivity (Wildman–Crippen MR) is 121 cm³/mol. The summed E-state index contributed by atoms with van der Waals surface area (Å²) in [5, 5.41) is 3.03. The largest absolute Gasteiger partial charge is 0.496 e. The number of carbonyl (C=O) groups excluding carboxylic acids is 1. The summed E-state index contributed by atoms with van der Waals surface area (Å²) in [6.45, 7) is 1.09. The fourth-order valence-corrected chi connectivity index (χ4v) is 4.15. The Morgan fingerprint density at radius 1 is 1.19 bits per heavy atom. The zero-order valence-corrected chi connectivity index (χ0v) is 18.1. The Bertz CT molecular complexity index is 1050. The van der Waals surface area contributed by atoms with E-state index in [-0.39, 0.29) is 11.7 Å². The second-order valence-corrected chi connectivity index (χ2v) is 7.99. The lowest BCUT2D eigenvalue weighted by atomic mass is 9.89. The SMILES string of the molecule is COc1ccc(F)cc1-c1ccc(C[C@]2(C(=O)NCCc3ccccn3)CCCO2)cc1. The maximum atomic E-state index is 13.7. The molecule has 4 rings (SSSR count). The first-order valence-corrected chi connectivity index (χ1v) is 10.8.